The van der Waals surface area contributed by atoms with E-state index in [9.17, 15) is 9.59 Å². The van der Waals surface area contributed by atoms with E-state index in [0.29, 0.717) is 19.7 Å². The highest BCUT2D eigenvalue weighted by atomic mass is 16.6. The topological polar surface area (TPSA) is 55.8 Å². The molecule has 0 aromatic heterocycles. The molecule has 0 saturated carbocycles. The van der Waals surface area contributed by atoms with Gasteiger partial charge in [0.05, 0.1) is 12.5 Å². The van der Waals surface area contributed by atoms with Gasteiger partial charge in [-0.25, -0.2) is 0 Å². The van der Waals surface area contributed by atoms with Crippen molar-refractivity contribution in [2.75, 3.05) is 19.6 Å². The molecule has 2 rings (SSSR count). The van der Waals surface area contributed by atoms with Gasteiger partial charge in [-0.15, -0.1) is 0 Å². The van der Waals surface area contributed by atoms with Crippen LogP contribution in [0.3, 0.4) is 0 Å². The lowest BCUT2D eigenvalue weighted by atomic mass is 9.96. The fourth-order valence-electron chi connectivity index (χ4n) is 2.68. The van der Waals surface area contributed by atoms with Gasteiger partial charge in [-0.1, -0.05) is 30.3 Å². The maximum absolute atomic E-state index is 12.1. The molecule has 1 fully saturated rings. The molecule has 24 heavy (non-hydrogen) atoms. The van der Waals surface area contributed by atoms with Gasteiger partial charge in [0.1, 0.15) is 12.2 Å². The Balaban J connectivity index is 1.69. The van der Waals surface area contributed by atoms with Crippen molar-refractivity contribution in [1.82, 2.24) is 4.90 Å². The van der Waals surface area contributed by atoms with Crippen molar-refractivity contribution < 1.29 is 19.1 Å². The predicted molar refractivity (Wildman–Crippen MR) is 91.2 cm³/mol. The normalized spacial score (nSPS) is 16.6. The fourth-order valence-corrected chi connectivity index (χ4v) is 2.68. The van der Waals surface area contributed by atoms with Gasteiger partial charge in [0.2, 0.25) is 0 Å². The maximum Gasteiger partial charge on any atom is 0.320 e. The molecule has 0 atom stereocenters. The molecule has 5 nitrogen and oxygen atoms in total. The van der Waals surface area contributed by atoms with Gasteiger partial charge in [-0.3, -0.25) is 14.5 Å². The maximum atomic E-state index is 12.1. The molecule has 132 valence electrons. The Morgan fingerprint density at radius 2 is 1.75 bits per heavy atom. The van der Waals surface area contributed by atoms with E-state index < -0.39 is 5.60 Å². The number of benzene rings is 1. The highest BCUT2D eigenvalue weighted by Crippen LogP contribution is 2.21. The molecule has 0 unspecified atom stereocenters. The van der Waals surface area contributed by atoms with E-state index in [2.05, 4.69) is 0 Å². The summed E-state index contributed by atoms with van der Waals surface area (Å²) in [5.74, 6) is -0.427. The third kappa shape index (κ3) is 6.32. The fraction of sp³-hybridized carbons (Fsp3) is 0.579. The minimum Gasteiger partial charge on any atom is -0.460 e. The number of hydrogen-bond donors (Lipinski definition) is 0. The molecule has 0 radical (unpaired) electrons. The molecule has 1 heterocycles. The molecule has 0 amide bonds. The largest absolute Gasteiger partial charge is 0.460 e. The summed E-state index contributed by atoms with van der Waals surface area (Å²) in [6.45, 7) is 7.63. The lowest BCUT2D eigenvalue weighted by Gasteiger charge is -2.31. The lowest BCUT2D eigenvalue weighted by molar-refractivity contribution is -0.161. The summed E-state index contributed by atoms with van der Waals surface area (Å²) in [4.78, 5) is 26.0. The molecule has 0 bridgehead atoms. The second-order valence-corrected chi connectivity index (χ2v) is 7.23. The lowest BCUT2D eigenvalue weighted by Crippen LogP contribution is -2.41. The Kier molecular flexibility index (Phi) is 6.37. The first-order valence-electron chi connectivity index (χ1n) is 8.48. The van der Waals surface area contributed by atoms with Crippen LogP contribution in [0.4, 0.5) is 0 Å². The molecular weight excluding hydrogens is 306 g/mol. The van der Waals surface area contributed by atoms with Crippen LogP contribution in [0.15, 0.2) is 30.3 Å². The molecule has 1 aromatic carbocycles. The number of nitrogens with zero attached hydrogens (tertiary/aromatic N) is 1. The summed E-state index contributed by atoms with van der Waals surface area (Å²) in [6, 6.07) is 9.63. The van der Waals surface area contributed by atoms with E-state index >= 15 is 0 Å². The second kappa shape index (κ2) is 8.29. The van der Waals surface area contributed by atoms with Gasteiger partial charge in [-0.2, -0.15) is 0 Å². The molecule has 1 aliphatic rings. The number of carbonyl (C=O) groups excluding carboxylic acids is 2. The van der Waals surface area contributed by atoms with E-state index in [0.717, 1.165) is 18.4 Å². The molecule has 0 spiro atoms. The van der Waals surface area contributed by atoms with Gasteiger partial charge >= 0.3 is 11.9 Å². The van der Waals surface area contributed by atoms with Crippen LogP contribution in [0.1, 0.15) is 39.2 Å². The molecular formula is C19H27NO4. The zero-order valence-electron chi connectivity index (χ0n) is 14.8. The number of hydrogen-bond acceptors (Lipinski definition) is 5. The van der Waals surface area contributed by atoms with E-state index in [1.165, 1.54) is 0 Å². The number of ether oxygens (including phenoxy) is 2. The summed E-state index contributed by atoms with van der Waals surface area (Å²) < 4.78 is 10.7. The number of piperidine rings is 1. The Hall–Kier alpha value is -1.88. The van der Waals surface area contributed by atoms with E-state index in [1.54, 1.807) is 0 Å². The monoisotopic (exact) mass is 333 g/mol. The molecule has 1 saturated heterocycles. The van der Waals surface area contributed by atoms with Crippen molar-refractivity contribution in [3.63, 3.8) is 0 Å². The van der Waals surface area contributed by atoms with Gasteiger partial charge < -0.3 is 9.47 Å². The summed E-state index contributed by atoms with van der Waals surface area (Å²) in [6.07, 6.45) is 1.45. The number of likely N-dealkylation sites (tertiary alicyclic amines) is 1. The van der Waals surface area contributed by atoms with Crippen molar-refractivity contribution in [2.45, 2.75) is 45.8 Å². The van der Waals surface area contributed by atoms with Crippen molar-refractivity contribution in [1.29, 1.82) is 0 Å². The summed E-state index contributed by atoms with van der Waals surface area (Å²) >= 11 is 0. The minimum absolute atomic E-state index is 0.0687. The summed E-state index contributed by atoms with van der Waals surface area (Å²) in [5.41, 5.74) is 0.532. The SMILES string of the molecule is CC(C)(C)OC(=O)C1CCN(CC(=O)OCc2ccccc2)CC1. The Morgan fingerprint density at radius 3 is 2.33 bits per heavy atom. The average Bonchev–Trinajstić information content (AvgIpc) is 2.53. The van der Waals surface area contributed by atoms with Crippen LogP contribution >= 0.6 is 0 Å². The first kappa shape index (κ1) is 18.5. The first-order valence-corrected chi connectivity index (χ1v) is 8.48. The van der Waals surface area contributed by atoms with Crippen LogP contribution in [0.2, 0.25) is 0 Å². The van der Waals surface area contributed by atoms with Crippen molar-refractivity contribution in [3.8, 4) is 0 Å². The first-order chi connectivity index (χ1) is 11.3. The van der Waals surface area contributed by atoms with Gasteiger partial charge in [0.25, 0.3) is 0 Å². The molecule has 0 N–H and O–H groups in total. The van der Waals surface area contributed by atoms with Crippen molar-refractivity contribution in [2.24, 2.45) is 5.92 Å². The number of carbonyl (C=O) groups is 2. The Morgan fingerprint density at radius 1 is 1.12 bits per heavy atom. The van der Waals surface area contributed by atoms with Crippen LogP contribution in [0, 0.1) is 5.92 Å². The minimum atomic E-state index is -0.449. The summed E-state index contributed by atoms with van der Waals surface area (Å²) in [7, 11) is 0. The van der Waals surface area contributed by atoms with Crippen LogP contribution in [-0.4, -0.2) is 42.1 Å². The number of esters is 2. The van der Waals surface area contributed by atoms with E-state index in [4.69, 9.17) is 9.47 Å². The van der Waals surface area contributed by atoms with Crippen molar-refractivity contribution >= 4 is 11.9 Å². The van der Waals surface area contributed by atoms with Crippen LogP contribution < -0.4 is 0 Å². The average molecular weight is 333 g/mol. The second-order valence-electron chi connectivity index (χ2n) is 7.23. The van der Waals surface area contributed by atoms with Crippen LogP contribution in [0.25, 0.3) is 0 Å². The van der Waals surface area contributed by atoms with Crippen LogP contribution in [-0.2, 0) is 25.7 Å². The highest BCUT2D eigenvalue weighted by molar-refractivity contribution is 5.73. The Labute approximate surface area is 143 Å². The summed E-state index contributed by atoms with van der Waals surface area (Å²) in [5, 5.41) is 0. The van der Waals surface area contributed by atoms with Gasteiger partial charge in [-0.05, 0) is 52.3 Å². The molecule has 5 heteroatoms. The predicted octanol–water partition coefficient (Wildman–Crippen LogP) is 2.78. The quantitative estimate of drug-likeness (QED) is 0.776. The van der Waals surface area contributed by atoms with Crippen molar-refractivity contribution in [3.05, 3.63) is 35.9 Å². The third-order valence-electron chi connectivity index (χ3n) is 3.92. The highest BCUT2D eigenvalue weighted by Gasteiger charge is 2.29. The van der Waals surface area contributed by atoms with Gasteiger partial charge in [0.15, 0.2) is 0 Å². The van der Waals surface area contributed by atoms with Crippen LogP contribution in [0.5, 0.6) is 0 Å². The standard InChI is InChI=1S/C19H27NO4/c1-19(2,3)24-18(22)16-9-11-20(12-10-16)13-17(21)23-14-15-7-5-4-6-8-15/h4-8,16H,9-14H2,1-3H3. The Bertz CT molecular complexity index is 542. The molecule has 0 aliphatic carbocycles. The molecule has 1 aliphatic heterocycles. The zero-order chi connectivity index (χ0) is 17.6. The number of rotatable bonds is 5. The van der Waals surface area contributed by atoms with E-state index in [1.807, 2.05) is 56.0 Å². The van der Waals surface area contributed by atoms with E-state index in [-0.39, 0.29) is 24.4 Å². The molecule has 1 aromatic rings. The smallest absolute Gasteiger partial charge is 0.320 e. The third-order valence-corrected chi connectivity index (χ3v) is 3.92. The van der Waals surface area contributed by atoms with Gasteiger partial charge in [0, 0.05) is 0 Å². The zero-order valence-corrected chi connectivity index (χ0v) is 14.8.